The van der Waals surface area contributed by atoms with Crippen molar-refractivity contribution in [1.29, 1.82) is 5.26 Å². The average Bonchev–Trinajstić information content (AvgIpc) is 2.88. The Balaban J connectivity index is 1.87. The number of nitrogens with zero attached hydrogens (tertiary/aromatic N) is 1. The highest BCUT2D eigenvalue weighted by Crippen LogP contribution is 2.35. The van der Waals surface area contributed by atoms with E-state index in [1.807, 2.05) is 31.2 Å². The zero-order chi connectivity index (χ0) is 25.9. The number of amides is 1. The highest BCUT2D eigenvalue weighted by molar-refractivity contribution is 6.30. The van der Waals surface area contributed by atoms with E-state index in [0.29, 0.717) is 53.2 Å². The average molecular weight is 503 g/mol. The van der Waals surface area contributed by atoms with E-state index < -0.39 is 5.91 Å². The molecule has 36 heavy (non-hydrogen) atoms. The maximum Gasteiger partial charge on any atom is 0.266 e. The van der Waals surface area contributed by atoms with E-state index in [4.69, 9.17) is 25.8 Å². The Kier molecular flexibility index (Phi) is 9.56. The Morgan fingerprint density at radius 2 is 1.92 bits per heavy atom. The normalized spacial score (nSPS) is 10.8. The zero-order valence-corrected chi connectivity index (χ0v) is 21.0. The highest BCUT2D eigenvalue weighted by atomic mass is 35.5. The van der Waals surface area contributed by atoms with Gasteiger partial charge in [0.1, 0.15) is 24.0 Å². The molecule has 0 fully saturated rings. The summed E-state index contributed by atoms with van der Waals surface area (Å²) in [7, 11) is 1.54. The molecule has 0 bridgehead atoms. The van der Waals surface area contributed by atoms with Crippen molar-refractivity contribution in [3.8, 4) is 23.3 Å². The lowest BCUT2D eigenvalue weighted by atomic mass is 10.0. The molecule has 1 N–H and O–H groups in total. The fourth-order valence-corrected chi connectivity index (χ4v) is 3.60. The standard InChI is InChI=1S/C29H27ClN2O4/c1-4-7-22-14-21(16-27(34-3)28(22)36-19-20-10-12-24(30)13-11-20)15-23(18-31)29(33)32-25-8-6-9-26(17-25)35-5-2/h4,6,8-17H,1,5,7,19H2,2-3H3,(H,32,33)/b23-15-. The molecule has 0 aliphatic rings. The maximum absolute atomic E-state index is 12.8. The molecular formula is C29H27ClN2O4. The summed E-state index contributed by atoms with van der Waals surface area (Å²) in [5.41, 5.74) is 2.86. The van der Waals surface area contributed by atoms with Crippen molar-refractivity contribution in [2.24, 2.45) is 0 Å². The lowest BCUT2D eigenvalue weighted by molar-refractivity contribution is -0.112. The molecule has 0 unspecified atom stereocenters. The monoisotopic (exact) mass is 502 g/mol. The van der Waals surface area contributed by atoms with Crippen molar-refractivity contribution in [3.05, 3.63) is 101 Å². The number of rotatable bonds is 11. The molecule has 0 aliphatic carbocycles. The van der Waals surface area contributed by atoms with Crippen LogP contribution in [-0.2, 0) is 17.8 Å². The van der Waals surface area contributed by atoms with Crippen LogP contribution in [0.25, 0.3) is 6.08 Å². The number of nitriles is 1. The van der Waals surface area contributed by atoms with Crippen LogP contribution in [0.4, 0.5) is 5.69 Å². The Morgan fingerprint density at radius 3 is 2.58 bits per heavy atom. The van der Waals surface area contributed by atoms with E-state index in [1.54, 1.807) is 55.7 Å². The molecule has 184 valence electrons. The van der Waals surface area contributed by atoms with E-state index in [-0.39, 0.29) is 5.57 Å². The molecule has 0 saturated carbocycles. The van der Waals surface area contributed by atoms with E-state index in [1.165, 1.54) is 6.08 Å². The van der Waals surface area contributed by atoms with Crippen LogP contribution in [0.3, 0.4) is 0 Å². The molecule has 0 aromatic heterocycles. The van der Waals surface area contributed by atoms with E-state index in [2.05, 4.69) is 11.9 Å². The fraction of sp³-hybridized carbons (Fsp3) is 0.172. The first kappa shape index (κ1) is 26.4. The van der Waals surface area contributed by atoms with Gasteiger partial charge in [0.05, 0.1) is 13.7 Å². The summed E-state index contributed by atoms with van der Waals surface area (Å²) in [5, 5.41) is 13.1. The molecule has 3 aromatic carbocycles. The van der Waals surface area contributed by atoms with Gasteiger partial charge in [0.2, 0.25) is 0 Å². The third-order valence-corrected chi connectivity index (χ3v) is 5.37. The minimum absolute atomic E-state index is 0.0572. The fourth-order valence-electron chi connectivity index (χ4n) is 3.47. The first-order valence-corrected chi connectivity index (χ1v) is 11.7. The molecule has 0 aliphatic heterocycles. The van der Waals surface area contributed by atoms with Crippen LogP contribution in [0, 0.1) is 11.3 Å². The predicted molar refractivity (Wildman–Crippen MR) is 143 cm³/mol. The van der Waals surface area contributed by atoms with Gasteiger partial charge in [-0.3, -0.25) is 4.79 Å². The van der Waals surface area contributed by atoms with Gasteiger partial charge in [0, 0.05) is 22.3 Å². The third kappa shape index (κ3) is 7.14. The molecule has 7 heteroatoms. The quantitative estimate of drug-likeness (QED) is 0.181. The third-order valence-electron chi connectivity index (χ3n) is 5.11. The summed E-state index contributed by atoms with van der Waals surface area (Å²) in [6.45, 7) is 6.54. The number of anilines is 1. The minimum atomic E-state index is -0.529. The number of benzene rings is 3. The number of carbonyl (C=O) groups excluding carboxylic acids is 1. The first-order chi connectivity index (χ1) is 17.5. The molecule has 6 nitrogen and oxygen atoms in total. The van der Waals surface area contributed by atoms with Crippen molar-refractivity contribution in [3.63, 3.8) is 0 Å². The molecule has 0 spiro atoms. The van der Waals surface area contributed by atoms with Crippen LogP contribution in [0.1, 0.15) is 23.6 Å². The second-order valence-electron chi connectivity index (χ2n) is 7.70. The summed E-state index contributed by atoms with van der Waals surface area (Å²) >= 11 is 5.97. The van der Waals surface area contributed by atoms with Gasteiger partial charge in [-0.15, -0.1) is 6.58 Å². The molecule has 0 atom stereocenters. The molecule has 0 heterocycles. The number of carbonyl (C=O) groups is 1. The number of nitrogens with one attached hydrogen (secondary N) is 1. The maximum atomic E-state index is 12.8. The molecule has 3 rings (SSSR count). The number of allylic oxidation sites excluding steroid dienone is 1. The second kappa shape index (κ2) is 13.0. The van der Waals surface area contributed by atoms with E-state index >= 15 is 0 Å². The highest BCUT2D eigenvalue weighted by Gasteiger charge is 2.15. The molecule has 0 radical (unpaired) electrons. The second-order valence-corrected chi connectivity index (χ2v) is 8.14. The van der Waals surface area contributed by atoms with Gasteiger partial charge in [-0.25, -0.2) is 0 Å². The van der Waals surface area contributed by atoms with Crippen LogP contribution < -0.4 is 19.5 Å². The summed E-state index contributed by atoms with van der Waals surface area (Å²) in [6.07, 6.45) is 3.77. The Morgan fingerprint density at radius 1 is 1.14 bits per heavy atom. The zero-order valence-electron chi connectivity index (χ0n) is 20.2. The van der Waals surface area contributed by atoms with Crippen molar-refractivity contribution < 1.29 is 19.0 Å². The smallest absolute Gasteiger partial charge is 0.266 e. The van der Waals surface area contributed by atoms with Crippen LogP contribution in [0.2, 0.25) is 5.02 Å². The molecular weight excluding hydrogens is 476 g/mol. The van der Waals surface area contributed by atoms with Crippen molar-refractivity contribution in [1.82, 2.24) is 0 Å². The van der Waals surface area contributed by atoms with Crippen LogP contribution in [0.15, 0.2) is 78.9 Å². The first-order valence-electron chi connectivity index (χ1n) is 11.3. The lowest BCUT2D eigenvalue weighted by Gasteiger charge is -2.16. The van der Waals surface area contributed by atoms with Crippen molar-refractivity contribution in [2.75, 3.05) is 19.0 Å². The number of halogens is 1. The summed E-state index contributed by atoms with van der Waals surface area (Å²) in [4.78, 5) is 12.8. The number of methoxy groups -OCH3 is 1. The molecule has 0 saturated heterocycles. The van der Waals surface area contributed by atoms with Crippen LogP contribution in [-0.4, -0.2) is 19.6 Å². The largest absolute Gasteiger partial charge is 0.494 e. The Hall–Kier alpha value is -4.21. The van der Waals surface area contributed by atoms with E-state index in [0.717, 1.165) is 11.1 Å². The Labute approximate surface area is 216 Å². The summed E-state index contributed by atoms with van der Waals surface area (Å²) in [6, 6.07) is 19.9. The predicted octanol–water partition coefficient (Wildman–Crippen LogP) is 6.60. The van der Waals surface area contributed by atoms with Gasteiger partial charge in [-0.2, -0.15) is 5.26 Å². The Bertz CT molecular complexity index is 1290. The number of hydrogen-bond acceptors (Lipinski definition) is 5. The molecule has 1 amide bonds. The molecule has 3 aromatic rings. The minimum Gasteiger partial charge on any atom is -0.494 e. The van der Waals surface area contributed by atoms with Crippen molar-refractivity contribution in [2.45, 2.75) is 20.0 Å². The van der Waals surface area contributed by atoms with Gasteiger partial charge in [0.25, 0.3) is 5.91 Å². The topological polar surface area (TPSA) is 80.6 Å². The van der Waals surface area contributed by atoms with E-state index in [9.17, 15) is 10.1 Å². The van der Waals surface area contributed by atoms with Crippen LogP contribution >= 0.6 is 11.6 Å². The van der Waals surface area contributed by atoms with Gasteiger partial charge in [-0.1, -0.05) is 35.9 Å². The number of ether oxygens (including phenoxy) is 3. The van der Waals surface area contributed by atoms with Gasteiger partial charge >= 0.3 is 0 Å². The van der Waals surface area contributed by atoms with Gasteiger partial charge < -0.3 is 19.5 Å². The summed E-state index contributed by atoms with van der Waals surface area (Å²) < 4.78 is 17.1. The van der Waals surface area contributed by atoms with Gasteiger partial charge in [0.15, 0.2) is 11.5 Å². The SMILES string of the molecule is C=CCc1cc(/C=C(/C#N)C(=O)Nc2cccc(OCC)c2)cc(OC)c1OCc1ccc(Cl)cc1. The van der Waals surface area contributed by atoms with Gasteiger partial charge in [-0.05, 0) is 66.9 Å². The summed E-state index contributed by atoms with van der Waals surface area (Å²) in [5.74, 6) is 1.15. The lowest BCUT2D eigenvalue weighted by Crippen LogP contribution is -2.13. The van der Waals surface area contributed by atoms with Crippen LogP contribution in [0.5, 0.6) is 17.2 Å². The van der Waals surface area contributed by atoms with Crippen molar-refractivity contribution >= 4 is 29.3 Å². The number of hydrogen-bond donors (Lipinski definition) is 1.